The molecule has 0 saturated heterocycles. The first kappa shape index (κ1) is 18.4. The molecule has 0 saturated carbocycles. The largest absolute Gasteiger partial charge is 0.453 e. The molecule has 0 radical (unpaired) electrons. The molecule has 0 spiro atoms. The third-order valence-electron chi connectivity index (χ3n) is 4.24. The first-order valence-electron chi connectivity index (χ1n) is 8.60. The Morgan fingerprint density at radius 2 is 1.78 bits per heavy atom. The Labute approximate surface area is 156 Å². The molecular weight excluding hydrogens is 344 g/mol. The smallest absolute Gasteiger partial charge is 0.326 e. The lowest BCUT2D eigenvalue weighted by Gasteiger charge is -2.12. The van der Waals surface area contributed by atoms with Crippen molar-refractivity contribution >= 4 is 28.6 Å². The van der Waals surface area contributed by atoms with E-state index in [2.05, 4.69) is 10.3 Å². The normalized spacial score (nSPS) is 11.8. The average Bonchev–Trinajstić information content (AvgIpc) is 3.10. The molecule has 6 heteroatoms. The van der Waals surface area contributed by atoms with Crippen molar-refractivity contribution in [3.8, 4) is 0 Å². The van der Waals surface area contributed by atoms with E-state index < -0.39 is 12.1 Å². The van der Waals surface area contributed by atoms with Gasteiger partial charge in [-0.25, -0.2) is 0 Å². The molecule has 1 atom stereocenters. The predicted octanol–water partition coefficient (Wildman–Crippen LogP) is 3.02. The molecule has 0 aliphatic carbocycles. The Balaban J connectivity index is 1.56. The van der Waals surface area contributed by atoms with E-state index in [1.807, 2.05) is 43.3 Å². The average molecular weight is 364 g/mol. The number of rotatable bonds is 6. The Kier molecular flexibility index (Phi) is 5.35. The van der Waals surface area contributed by atoms with Crippen LogP contribution < -0.4 is 5.32 Å². The number of carbonyl (C=O) groups excluding carboxylic acids is 3. The van der Waals surface area contributed by atoms with E-state index in [9.17, 15) is 14.4 Å². The summed E-state index contributed by atoms with van der Waals surface area (Å²) in [6.45, 7) is 3.13. The van der Waals surface area contributed by atoms with Crippen molar-refractivity contribution in [2.24, 2.45) is 0 Å². The van der Waals surface area contributed by atoms with Crippen molar-refractivity contribution in [1.82, 2.24) is 10.3 Å². The number of benzene rings is 2. The zero-order valence-corrected chi connectivity index (χ0v) is 15.1. The number of aryl methyl sites for hydroxylation is 1. The Bertz CT molecular complexity index is 989. The molecule has 27 heavy (non-hydrogen) atoms. The van der Waals surface area contributed by atoms with Crippen molar-refractivity contribution in [2.75, 3.05) is 6.54 Å². The molecule has 1 amide bonds. The number of carbonyl (C=O) groups is 3. The van der Waals surface area contributed by atoms with Crippen LogP contribution in [0.15, 0.2) is 54.7 Å². The molecular formula is C21H20N2O4. The third kappa shape index (κ3) is 4.23. The molecule has 138 valence electrons. The lowest BCUT2D eigenvalue weighted by Crippen LogP contribution is -2.34. The topological polar surface area (TPSA) is 88.3 Å². The summed E-state index contributed by atoms with van der Waals surface area (Å²) in [5.74, 6) is -1.34. The number of para-hydroxylation sites is 1. The van der Waals surface area contributed by atoms with Crippen LogP contribution in [0.25, 0.3) is 10.9 Å². The maximum absolute atomic E-state index is 12.6. The molecule has 0 aliphatic rings. The molecule has 0 fully saturated rings. The lowest BCUT2D eigenvalue weighted by molar-refractivity contribution is -0.145. The number of hydrogen-bond acceptors (Lipinski definition) is 4. The van der Waals surface area contributed by atoms with Gasteiger partial charge in [0.2, 0.25) is 5.78 Å². The Morgan fingerprint density at radius 1 is 1.07 bits per heavy atom. The van der Waals surface area contributed by atoms with E-state index in [4.69, 9.17) is 4.74 Å². The van der Waals surface area contributed by atoms with Crippen LogP contribution in [0.5, 0.6) is 0 Å². The predicted molar refractivity (Wildman–Crippen MR) is 102 cm³/mol. The van der Waals surface area contributed by atoms with Crippen LogP contribution in [0.2, 0.25) is 0 Å². The first-order valence-corrected chi connectivity index (χ1v) is 8.60. The summed E-state index contributed by atoms with van der Waals surface area (Å²) in [4.78, 5) is 39.6. The Morgan fingerprint density at radius 3 is 2.52 bits per heavy atom. The number of Topliss-reactive ketones (excluding diaryl/α,β-unsaturated/α-hetero) is 1. The second kappa shape index (κ2) is 7.86. The number of ether oxygens (including phenoxy) is 1. The highest BCUT2D eigenvalue weighted by Crippen LogP contribution is 2.19. The van der Waals surface area contributed by atoms with Crippen LogP contribution in [0.1, 0.15) is 33.2 Å². The lowest BCUT2D eigenvalue weighted by atomic mass is 10.1. The number of fused-ring (bicyclic) bond motifs is 1. The minimum atomic E-state index is -0.951. The molecule has 6 nitrogen and oxygen atoms in total. The molecule has 3 aromatic rings. The van der Waals surface area contributed by atoms with Gasteiger partial charge in [0.15, 0.2) is 6.10 Å². The highest BCUT2D eigenvalue weighted by molar-refractivity contribution is 6.10. The summed E-state index contributed by atoms with van der Waals surface area (Å²) in [5, 5.41) is 3.27. The number of amides is 1. The van der Waals surface area contributed by atoms with Gasteiger partial charge in [0.1, 0.15) is 6.54 Å². The number of aromatic amines is 1. The minimum absolute atomic E-state index is 0.300. The summed E-state index contributed by atoms with van der Waals surface area (Å²) in [6.07, 6.45) is 0.657. The van der Waals surface area contributed by atoms with Crippen molar-refractivity contribution in [3.05, 3.63) is 71.4 Å². The molecule has 2 N–H and O–H groups in total. The van der Waals surface area contributed by atoms with Crippen LogP contribution in [0.3, 0.4) is 0 Å². The van der Waals surface area contributed by atoms with E-state index in [0.29, 0.717) is 11.1 Å². The molecule has 1 unspecified atom stereocenters. The van der Waals surface area contributed by atoms with Crippen molar-refractivity contribution in [2.45, 2.75) is 20.0 Å². The summed E-state index contributed by atoms with van der Waals surface area (Å²) in [6, 6.07) is 14.4. The monoisotopic (exact) mass is 364 g/mol. The zero-order valence-electron chi connectivity index (χ0n) is 15.1. The number of ketones is 1. The fourth-order valence-corrected chi connectivity index (χ4v) is 2.75. The molecule has 1 aromatic heterocycles. The maximum Gasteiger partial charge on any atom is 0.326 e. The summed E-state index contributed by atoms with van der Waals surface area (Å²) >= 11 is 0. The standard InChI is InChI=1S/C21H20N2O4/c1-13-7-9-15(10-8-13)21(26)23-12-19(24)27-14(2)20(25)17-11-22-18-6-4-3-5-16(17)18/h3-11,14,22H,12H2,1-2H3,(H,23,26). The molecule has 2 aromatic carbocycles. The van der Waals surface area contributed by atoms with E-state index in [0.717, 1.165) is 16.5 Å². The van der Waals surface area contributed by atoms with Crippen LogP contribution in [-0.4, -0.2) is 35.3 Å². The second-order valence-corrected chi connectivity index (χ2v) is 6.29. The summed E-state index contributed by atoms with van der Waals surface area (Å²) in [7, 11) is 0. The number of H-pyrrole nitrogens is 1. The van der Waals surface area contributed by atoms with E-state index in [1.165, 1.54) is 6.92 Å². The highest BCUT2D eigenvalue weighted by atomic mass is 16.5. The zero-order chi connectivity index (χ0) is 19.4. The van der Waals surface area contributed by atoms with Gasteiger partial charge in [-0.3, -0.25) is 14.4 Å². The van der Waals surface area contributed by atoms with Crippen LogP contribution in [-0.2, 0) is 9.53 Å². The summed E-state index contributed by atoms with van der Waals surface area (Å²) in [5.41, 5.74) is 2.80. The van der Waals surface area contributed by atoms with Gasteiger partial charge in [0.25, 0.3) is 5.91 Å². The number of esters is 1. The number of aromatic nitrogens is 1. The second-order valence-electron chi connectivity index (χ2n) is 6.29. The van der Waals surface area contributed by atoms with Gasteiger partial charge in [-0.15, -0.1) is 0 Å². The van der Waals surface area contributed by atoms with Crippen molar-refractivity contribution in [3.63, 3.8) is 0 Å². The molecule has 1 heterocycles. The van der Waals surface area contributed by atoms with Gasteiger partial charge < -0.3 is 15.0 Å². The quantitative estimate of drug-likeness (QED) is 0.520. The fourth-order valence-electron chi connectivity index (χ4n) is 2.75. The Hall–Kier alpha value is -3.41. The fraction of sp³-hybridized carbons (Fsp3) is 0.190. The van der Waals surface area contributed by atoms with Crippen molar-refractivity contribution in [1.29, 1.82) is 0 Å². The van der Waals surface area contributed by atoms with Gasteiger partial charge in [0.05, 0.1) is 0 Å². The van der Waals surface area contributed by atoms with Crippen LogP contribution >= 0.6 is 0 Å². The van der Waals surface area contributed by atoms with Crippen molar-refractivity contribution < 1.29 is 19.1 Å². The van der Waals surface area contributed by atoms with E-state index in [-0.39, 0.29) is 18.2 Å². The van der Waals surface area contributed by atoms with Gasteiger partial charge in [-0.2, -0.15) is 0 Å². The SMILES string of the molecule is Cc1ccc(C(=O)NCC(=O)OC(C)C(=O)c2c[nH]c3ccccc23)cc1. The molecule has 0 bridgehead atoms. The maximum atomic E-state index is 12.6. The number of nitrogens with one attached hydrogen (secondary N) is 2. The number of hydrogen-bond donors (Lipinski definition) is 2. The minimum Gasteiger partial charge on any atom is -0.453 e. The van der Waals surface area contributed by atoms with Crippen LogP contribution in [0, 0.1) is 6.92 Å². The molecule has 0 aliphatic heterocycles. The van der Waals surface area contributed by atoms with E-state index >= 15 is 0 Å². The van der Waals surface area contributed by atoms with Gasteiger partial charge >= 0.3 is 5.97 Å². The third-order valence-corrected chi connectivity index (χ3v) is 4.24. The molecule has 3 rings (SSSR count). The van der Waals surface area contributed by atoms with Crippen LogP contribution in [0.4, 0.5) is 0 Å². The van der Waals surface area contributed by atoms with Gasteiger partial charge in [-0.05, 0) is 32.0 Å². The summed E-state index contributed by atoms with van der Waals surface area (Å²) < 4.78 is 5.17. The van der Waals surface area contributed by atoms with Gasteiger partial charge in [-0.1, -0.05) is 35.9 Å². The van der Waals surface area contributed by atoms with Gasteiger partial charge in [0, 0.05) is 28.2 Å². The van der Waals surface area contributed by atoms with E-state index in [1.54, 1.807) is 18.3 Å². The first-order chi connectivity index (χ1) is 13.0. The highest BCUT2D eigenvalue weighted by Gasteiger charge is 2.22.